The molecule has 1 heterocycles. The molecule has 0 aliphatic carbocycles. The minimum absolute atomic E-state index is 0.211. The van der Waals surface area contributed by atoms with Crippen LogP contribution in [0.1, 0.15) is 15.9 Å². The van der Waals surface area contributed by atoms with Crippen LogP contribution in [-0.2, 0) is 16.0 Å². The average Bonchev–Trinajstić information content (AvgIpc) is 2.81. The number of pyridine rings is 1. The first kappa shape index (κ1) is 21.6. The van der Waals surface area contributed by atoms with Gasteiger partial charge in [-0.2, -0.15) is 0 Å². The van der Waals surface area contributed by atoms with Crippen molar-refractivity contribution in [1.82, 2.24) is 10.3 Å². The lowest BCUT2D eigenvalue weighted by atomic mass is 10.0. The maximum Gasteiger partial charge on any atom is 0.328 e. The van der Waals surface area contributed by atoms with E-state index in [1.165, 1.54) is 14.2 Å². The molecule has 4 rings (SSSR count). The van der Waals surface area contributed by atoms with E-state index in [4.69, 9.17) is 21.1 Å². The molecule has 0 unspecified atom stereocenters. The Morgan fingerprint density at radius 2 is 1.59 bits per heavy atom. The topological polar surface area (TPSA) is 77.5 Å². The first-order valence-corrected chi connectivity index (χ1v) is 10.4. The third kappa shape index (κ3) is 4.22. The number of ether oxygens (including phenoxy) is 2. The van der Waals surface area contributed by atoms with E-state index in [0.717, 1.165) is 5.56 Å². The van der Waals surface area contributed by atoms with Crippen molar-refractivity contribution in [2.45, 2.75) is 12.5 Å². The normalized spacial score (nSPS) is 11.8. The molecule has 0 radical (unpaired) electrons. The summed E-state index contributed by atoms with van der Waals surface area (Å²) in [4.78, 5) is 30.6. The second kappa shape index (κ2) is 9.24. The molecule has 32 heavy (non-hydrogen) atoms. The Kier molecular flexibility index (Phi) is 6.23. The number of esters is 1. The minimum atomic E-state index is -0.900. The number of nitrogens with one attached hydrogen (secondary N) is 1. The van der Waals surface area contributed by atoms with Crippen LogP contribution in [0.4, 0.5) is 0 Å². The van der Waals surface area contributed by atoms with E-state index in [1.807, 2.05) is 48.5 Å². The maximum atomic E-state index is 13.5. The summed E-state index contributed by atoms with van der Waals surface area (Å²) in [5.74, 6) is -0.397. The first-order chi connectivity index (χ1) is 15.5. The zero-order valence-electron chi connectivity index (χ0n) is 17.6. The number of carbonyl (C=O) groups is 2. The number of amides is 1. The van der Waals surface area contributed by atoms with Gasteiger partial charge in [0.1, 0.15) is 11.8 Å². The van der Waals surface area contributed by atoms with Crippen molar-refractivity contribution in [2.75, 3.05) is 14.2 Å². The molecule has 0 aliphatic rings. The van der Waals surface area contributed by atoms with Crippen molar-refractivity contribution < 1.29 is 19.1 Å². The summed E-state index contributed by atoms with van der Waals surface area (Å²) in [5, 5.41) is 4.69. The van der Waals surface area contributed by atoms with Crippen LogP contribution in [0.5, 0.6) is 5.75 Å². The molecule has 7 heteroatoms. The van der Waals surface area contributed by atoms with Crippen molar-refractivity contribution in [2.24, 2.45) is 0 Å². The van der Waals surface area contributed by atoms with E-state index < -0.39 is 12.0 Å². The fraction of sp³-hybridized carbons (Fsp3) is 0.160. The van der Waals surface area contributed by atoms with Crippen molar-refractivity contribution in [3.05, 3.63) is 82.9 Å². The number of carbonyl (C=O) groups excluding carboxylic acids is 2. The summed E-state index contributed by atoms with van der Waals surface area (Å²) in [6.45, 7) is 0. The summed E-state index contributed by atoms with van der Waals surface area (Å²) >= 11 is 6.22. The molecule has 1 atom stereocenters. The van der Waals surface area contributed by atoms with Gasteiger partial charge in [0.2, 0.25) is 0 Å². The number of rotatable bonds is 6. The number of nitrogens with zero attached hydrogens (tertiary/aromatic N) is 1. The number of fused-ring (bicyclic) bond motifs is 2. The first-order valence-electron chi connectivity index (χ1n) is 10.0. The van der Waals surface area contributed by atoms with Gasteiger partial charge in [-0.15, -0.1) is 0 Å². The molecule has 4 aromatic rings. The molecular formula is C25H21ClN2O4. The molecule has 0 aliphatic heterocycles. The van der Waals surface area contributed by atoms with Gasteiger partial charge in [-0.05, 0) is 29.8 Å². The fourth-order valence-electron chi connectivity index (χ4n) is 3.72. The van der Waals surface area contributed by atoms with Crippen LogP contribution in [0.25, 0.3) is 21.8 Å². The molecule has 0 saturated carbocycles. The Labute approximate surface area is 190 Å². The molecule has 0 fully saturated rings. The molecule has 1 aromatic heterocycles. The van der Waals surface area contributed by atoms with Gasteiger partial charge in [-0.1, -0.05) is 54.1 Å². The van der Waals surface area contributed by atoms with Crippen molar-refractivity contribution in [1.29, 1.82) is 0 Å². The van der Waals surface area contributed by atoms with Crippen LogP contribution in [-0.4, -0.2) is 37.1 Å². The van der Waals surface area contributed by atoms with Crippen LogP contribution in [0, 0.1) is 0 Å². The number of aromatic nitrogens is 1. The summed E-state index contributed by atoms with van der Waals surface area (Å²) < 4.78 is 10.1. The van der Waals surface area contributed by atoms with Crippen molar-refractivity contribution >= 4 is 45.3 Å². The highest BCUT2D eigenvalue weighted by Crippen LogP contribution is 2.27. The van der Waals surface area contributed by atoms with E-state index in [1.54, 1.807) is 18.2 Å². The van der Waals surface area contributed by atoms with E-state index in [9.17, 15) is 9.59 Å². The molecule has 6 nitrogen and oxygen atoms in total. The number of benzene rings is 3. The Balaban J connectivity index is 1.72. The minimum Gasteiger partial charge on any atom is -0.495 e. The molecule has 1 amide bonds. The predicted molar refractivity (Wildman–Crippen MR) is 124 cm³/mol. The zero-order chi connectivity index (χ0) is 22.7. The van der Waals surface area contributed by atoms with Gasteiger partial charge in [0.15, 0.2) is 0 Å². The third-order valence-electron chi connectivity index (χ3n) is 5.26. The van der Waals surface area contributed by atoms with E-state index in [2.05, 4.69) is 10.3 Å². The number of halogens is 1. The van der Waals surface area contributed by atoms with Gasteiger partial charge in [0.25, 0.3) is 5.91 Å². The lowest BCUT2D eigenvalue weighted by molar-refractivity contribution is -0.142. The van der Waals surface area contributed by atoms with Crippen LogP contribution in [0.3, 0.4) is 0 Å². The Morgan fingerprint density at radius 3 is 2.16 bits per heavy atom. The van der Waals surface area contributed by atoms with Gasteiger partial charge in [-0.3, -0.25) is 4.79 Å². The number of hydrogen-bond donors (Lipinski definition) is 1. The van der Waals surface area contributed by atoms with E-state index in [-0.39, 0.29) is 12.3 Å². The zero-order valence-corrected chi connectivity index (χ0v) is 18.3. The molecule has 3 aromatic carbocycles. The highest BCUT2D eigenvalue weighted by molar-refractivity contribution is 6.32. The lowest BCUT2D eigenvalue weighted by Gasteiger charge is -2.18. The van der Waals surface area contributed by atoms with Crippen LogP contribution < -0.4 is 10.1 Å². The number of para-hydroxylation sites is 2. The Hall–Kier alpha value is -3.64. The second-order valence-corrected chi connectivity index (χ2v) is 7.65. The van der Waals surface area contributed by atoms with Crippen LogP contribution in [0.2, 0.25) is 5.02 Å². The van der Waals surface area contributed by atoms with E-state index >= 15 is 0 Å². The lowest BCUT2D eigenvalue weighted by Crippen LogP contribution is -2.43. The van der Waals surface area contributed by atoms with Gasteiger partial charge >= 0.3 is 5.97 Å². The third-order valence-corrected chi connectivity index (χ3v) is 5.56. The second-order valence-electron chi connectivity index (χ2n) is 7.24. The quantitative estimate of drug-likeness (QED) is 0.345. The van der Waals surface area contributed by atoms with Crippen molar-refractivity contribution in [3.8, 4) is 5.75 Å². The fourth-order valence-corrected chi connectivity index (χ4v) is 4.00. The van der Waals surface area contributed by atoms with Gasteiger partial charge in [0.05, 0.1) is 35.8 Å². The van der Waals surface area contributed by atoms with Gasteiger partial charge < -0.3 is 14.8 Å². The highest BCUT2D eigenvalue weighted by Gasteiger charge is 2.25. The van der Waals surface area contributed by atoms with Crippen LogP contribution >= 0.6 is 11.6 Å². The Morgan fingerprint density at radius 1 is 0.969 bits per heavy atom. The smallest absolute Gasteiger partial charge is 0.328 e. The summed E-state index contributed by atoms with van der Waals surface area (Å²) in [6, 6.07) is 19.2. The summed E-state index contributed by atoms with van der Waals surface area (Å²) in [6.07, 6.45) is 0.211. The molecule has 1 N–H and O–H groups in total. The Bertz CT molecular complexity index is 1270. The molecular weight excluding hydrogens is 428 g/mol. The SMILES string of the molecule is COC(=O)[C@@H](Cc1ccc(OC)c(Cl)c1)NC(=O)c1c2ccccc2nc2ccccc12. The monoisotopic (exact) mass is 448 g/mol. The predicted octanol–water partition coefficient (Wildman–Crippen LogP) is 4.56. The number of methoxy groups -OCH3 is 2. The molecule has 0 saturated heterocycles. The largest absolute Gasteiger partial charge is 0.495 e. The van der Waals surface area contributed by atoms with Gasteiger partial charge in [0, 0.05) is 17.2 Å². The van der Waals surface area contributed by atoms with Gasteiger partial charge in [-0.25, -0.2) is 9.78 Å². The van der Waals surface area contributed by atoms with E-state index in [0.29, 0.717) is 38.1 Å². The summed E-state index contributed by atoms with van der Waals surface area (Å²) in [5.41, 5.74) is 2.63. The maximum absolute atomic E-state index is 13.5. The molecule has 0 spiro atoms. The number of hydrogen-bond acceptors (Lipinski definition) is 5. The van der Waals surface area contributed by atoms with Crippen molar-refractivity contribution in [3.63, 3.8) is 0 Å². The highest BCUT2D eigenvalue weighted by atomic mass is 35.5. The van der Waals surface area contributed by atoms with Crippen LogP contribution in [0.15, 0.2) is 66.7 Å². The molecule has 162 valence electrons. The average molecular weight is 449 g/mol. The molecule has 0 bridgehead atoms. The summed E-state index contributed by atoms with van der Waals surface area (Å²) in [7, 11) is 2.82. The standard InChI is InChI=1S/C25H21ClN2O4/c1-31-22-12-11-15(13-18(22)26)14-21(25(30)32-2)28-24(29)23-16-7-3-5-9-19(16)27-20-10-6-4-8-17(20)23/h3-13,21H,14H2,1-2H3,(H,28,29)/t21-/m1/s1.